The number of hydrogen-bond acceptors (Lipinski definition) is 4. The Bertz CT molecular complexity index is 544. The van der Waals surface area contributed by atoms with Gasteiger partial charge in [0.05, 0.1) is 19.4 Å². The van der Waals surface area contributed by atoms with E-state index in [1.54, 1.807) is 25.5 Å². The van der Waals surface area contributed by atoms with Crippen molar-refractivity contribution in [3.05, 3.63) is 54.0 Å². The highest BCUT2D eigenvalue weighted by molar-refractivity contribution is 5.28. The molecule has 4 heteroatoms. The van der Waals surface area contributed by atoms with Crippen LogP contribution < -0.4 is 10.1 Å². The second-order valence-corrected chi connectivity index (χ2v) is 4.13. The number of ether oxygens (including phenoxy) is 1. The SMILES string of the molecule is COc1cccc(CCNC(C#N)c2ccco2)c1. The third-order valence-electron chi connectivity index (χ3n) is 2.85. The smallest absolute Gasteiger partial charge is 0.154 e. The Hall–Kier alpha value is -2.25. The first kappa shape index (κ1) is 13.2. The van der Waals surface area contributed by atoms with Crippen molar-refractivity contribution >= 4 is 0 Å². The Morgan fingerprint density at radius 2 is 2.26 bits per heavy atom. The van der Waals surface area contributed by atoms with Crippen molar-refractivity contribution in [3.63, 3.8) is 0 Å². The van der Waals surface area contributed by atoms with Gasteiger partial charge < -0.3 is 9.15 Å². The average Bonchev–Trinajstić information content (AvgIpc) is 2.98. The largest absolute Gasteiger partial charge is 0.497 e. The molecule has 1 unspecified atom stereocenters. The highest BCUT2D eigenvalue weighted by Gasteiger charge is 2.11. The highest BCUT2D eigenvalue weighted by Crippen LogP contribution is 2.14. The van der Waals surface area contributed by atoms with Gasteiger partial charge in [-0.2, -0.15) is 5.26 Å². The van der Waals surface area contributed by atoms with E-state index in [2.05, 4.69) is 11.4 Å². The molecule has 1 aromatic carbocycles. The summed E-state index contributed by atoms with van der Waals surface area (Å²) >= 11 is 0. The summed E-state index contributed by atoms with van der Waals surface area (Å²) in [6.45, 7) is 0.700. The van der Waals surface area contributed by atoms with Gasteiger partial charge in [-0.25, -0.2) is 0 Å². The number of nitriles is 1. The lowest BCUT2D eigenvalue weighted by Gasteiger charge is -2.09. The molecule has 0 saturated heterocycles. The number of benzene rings is 1. The van der Waals surface area contributed by atoms with Gasteiger partial charge in [0, 0.05) is 6.54 Å². The lowest BCUT2D eigenvalue weighted by Crippen LogP contribution is -2.22. The number of nitrogens with zero attached hydrogens (tertiary/aromatic N) is 1. The fourth-order valence-electron chi connectivity index (χ4n) is 1.85. The molecule has 0 aliphatic heterocycles. The molecule has 1 atom stereocenters. The minimum atomic E-state index is -0.402. The topological polar surface area (TPSA) is 58.2 Å². The van der Waals surface area contributed by atoms with Crippen LogP contribution in [0, 0.1) is 11.3 Å². The molecule has 1 N–H and O–H groups in total. The Morgan fingerprint density at radius 3 is 2.95 bits per heavy atom. The first-order chi connectivity index (χ1) is 9.33. The Balaban J connectivity index is 1.87. The quantitative estimate of drug-likeness (QED) is 0.863. The van der Waals surface area contributed by atoms with Crippen LogP contribution in [0.15, 0.2) is 47.1 Å². The highest BCUT2D eigenvalue weighted by atomic mass is 16.5. The number of nitrogens with one attached hydrogen (secondary N) is 1. The Morgan fingerprint density at radius 1 is 1.37 bits per heavy atom. The number of methoxy groups -OCH3 is 1. The maximum atomic E-state index is 9.08. The molecule has 98 valence electrons. The zero-order valence-corrected chi connectivity index (χ0v) is 10.8. The molecule has 19 heavy (non-hydrogen) atoms. The molecular weight excluding hydrogens is 240 g/mol. The predicted octanol–water partition coefficient (Wildman–Crippen LogP) is 2.69. The molecule has 0 radical (unpaired) electrons. The van der Waals surface area contributed by atoms with Gasteiger partial charge in [-0.1, -0.05) is 12.1 Å². The van der Waals surface area contributed by atoms with Crippen LogP contribution >= 0.6 is 0 Å². The van der Waals surface area contributed by atoms with Crippen molar-refractivity contribution in [1.29, 1.82) is 5.26 Å². The van der Waals surface area contributed by atoms with Gasteiger partial charge in [0.1, 0.15) is 11.5 Å². The van der Waals surface area contributed by atoms with E-state index >= 15 is 0 Å². The summed E-state index contributed by atoms with van der Waals surface area (Å²) in [5.41, 5.74) is 1.17. The zero-order valence-electron chi connectivity index (χ0n) is 10.8. The molecule has 4 nitrogen and oxygen atoms in total. The van der Waals surface area contributed by atoms with Gasteiger partial charge in [0.25, 0.3) is 0 Å². The second kappa shape index (κ2) is 6.62. The Labute approximate surface area is 112 Å². The van der Waals surface area contributed by atoms with E-state index < -0.39 is 6.04 Å². The molecule has 0 spiro atoms. The van der Waals surface area contributed by atoms with Gasteiger partial charge in [-0.3, -0.25) is 5.32 Å². The molecule has 2 rings (SSSR count). The van der Waals surface area contributed by atoms with E-state index in [4.69, 9.17) is 14.4 Å². The summed E-state index contributed by atoms with van der Waals surface area (Å²) in [6, 6.07) is 13.3. The van der Waals surface area contributed by atoms with Crippen LogP contribution in [0.1, 0.15) is 17.4 Å². The number of rotatable bonds is 6. The van der Waals surface area contributed by atoms with Crippen molar-refractivity contribution in [2.75, 3.05) is 13.7 Å². The van der Waals surface area contributed by atoms with Crippen molar-refractivity contribution in [1.82, 2.24) is 5.32 Å². The standard InChI is InChI=1S/C15H16N2O2/c1-18-13-5-2-4-12(10-13)7-8-17-14(11-16)15-6-3-9-19-15/h2-6,9-10,14,17H,7-8H2,1H3. The third kappa shape index (κ3) is 3.60. The fourth-order valence-corrected chi connectivity index (χ4v) is 1.85. The summed E-state index contributed by atoms with van der Waals surface area (Å²) in [4.78, 5) is 0. The van der Waals surface area contributed by atoms with Gasteiger partial charge in [0.15, 0.2) is 6.04 Å². The third-order valence-corrected chi connectivity index (χ3v) is 2.85. The molecule has 0 amide bonds. The summed E-state index contributed by atoms with van der Waals surface area (Å²) in [6.07, 6.45) is 2.40. The van der Waals surface area contributed by atoms with E-state index in [1.165, 1.54) is 5.56 Å². The van der Waals surface area contributed by atoms with E-state index in [0.717, 1.165) is 12.2 Å². The van der Waals surface area contributed by atoms with Gasteiger partial charge in [0.2, 0.25) is 0 Å². The average molecular weight is 256 g/mol. The van der Waals surface area contributed by atoms with Crippen LogP contribution in [-0.2, 0) is 6.42 Å². The van der Waals surface area contributed by atoms with Crippen LogP contribution in [-0.4, -0.2) is 13.7 Å². The van der Waals surface area contributed by atoms with Gasteiger partial charge >= 0.3 is 0 Å². The van der Waals surface area contributed by atoms with E-state index in [9.17, 15) is 0 Å². The monoisotopic (exact) mass is 256 g/mol. The zero-order chi connectivity index (χ0) is 13.5. The minimum absolute atomic E-state index is 0.402. The van der Waals surface area contributed by atoms with Gasteiger partial charge in [-0.05, 0) is 36.2 Å². The summed E-state index contributed by atoms with van der Waals surface area (Å²) < 4.78 is 10.4. The molecule has 0 saturated carbocycles. The molecule has 0 aliphatic rings. The van der Waals surface area contributed by atoms with Crippen molar-refractivity contribution < 1.29 is 9.15 Å². The van der Waals surface area contributed by atoms with Crippen LogP contribution in [0.25, 0.3) is 0 Å². The predicted molar refractivity (Wildman–Crippen MR) is 71.8 cm³/mol. The van der Waals surface area contributed by atoms with Crippen LogP contribution in [0.4, 0.5) is 0 Å². The maximum absolute atomic E-state index is 9.08. The molecule has 1 aromatic heterocycles. The molecule has 0 aliphatic carbocycles. The van der Waals surface area contributed by atoms with E-state index in [0.29, 0.717) is 12.3 Å². The Kier molecular flexibility index (Phi) is 4.60. The molecule has 0 fully saturated rings. The van der Waals surface area contributed by atoms with Crippen molar-refractivity contribution in [2.45, 2.75) is 12.5 Å². The number of furan rings is 1. The normalized spacial score (nSPS) is 11.8. The van der Waals surface area contributed by atoms with Crippen molar-refractivity contribution in [2.24, 2.45) is 0 Å². The molecule has 0 bridgehead atoms. The van der Waals surface area contributed by atoms with E-state index in [1.807, 2.05) is 24.3 Å². The summed E-state index contributed by atoms with van der Waals surface area (Å²) in [5.74, 6) is 1.49. The van der Waals surface area contributed by atoms with Gasteiger partial charge in [-0.15, -0.1) is 0 Å². The van der Waals surface area contributed by atoms with Crippen molar-refractivity contribution in [3.8, 4) is 11.8 Å². The lowest BCUT2D eigenvalue weighted by molar-refractivity contribution is 0.414. The maximum Gasteiger partial charge on any atom is 0.154 e. The molecule has 2 aromatic rings. The number of hydrogen-bond donors (Lipinski definition) is 1. The summed E-state index contributed by atoms with van der Waals surface area (Å²) in [5, 5.41) is 12.2. The van der Waals surface area contributed by atoms with E-state index in [-0.39, 0.29) is 0 Å². The van der Waals surface area contributed by atoms with Crippen LogP contribution in [0.2, 0.25) is 0 Å². The molecule has 1 heterocycles. The lowest BCUT2D eigenvalue weighted by atomic mass is 10.1. The molecular formula is C15H16N2O2. The summed E-state index contributed by atoms with van der Waals surface area (Å²) in [7, 11) is 1.65. The first-order valence-electron chi connectivity index (χ1n) is 6.13. The fraction of sp³-hybridized carbons (Fsp3) is 0.267. The van der Waals surface area contributed by atoms with Crippen LogP contribution in [0.5, 0.6) is 5.75 Å². The first-order valence-corrected chi connectivity index (χ1v) is 6.13. The minimum Gasteiger partial charge on any atom is -0.497 e. The second-order valence-electron chi connectivity index (χ2n) is 4.13. The van der Waals surface area contributed by atoms with Crippen LogP contribution in [0.3, 0.4) is 0 Å².